The molecule has 1 aromatic carbocycles. The molecule has 1 saturated heterocycles. The van der Waals surface area contributed by atoms with Gasteiger partial charge in [0.2, 0.25) is 5.91 Å². The summed E-state index contributed by atoms with van der Waals surface area (Å²) in [5.74, 6) is 1.16. The van der Waals surface area contributed by atoms with Crippen LogP contribution in [0.5, 0.6) is 0 Å². The number of carbonyl (C=O) groups is 2. The van der Waals surface area contributed by atoms with Crippen LogP contribution in [0.25, 0.3) is 0 Å². The van der Waals surface area contributed by atoms with Gasteiger partial charge in [0.25, 0.3) is 0 Å². The molecule has 0 aromatic heterocycles. The lowest BCUT2D eigenvalue weighted by atomic mass is 9.95. The third-order valence-corrected chi connectivity index (χ3v) is 5.89. The third kappa shape index (κ3) is 5.94. The van der Waals surface area contributed by atoms with Crippen LogP contribution in [0.15, 0.2) is 29.2 Å². The normalized spacial score (nSPS) is 15.0. The zero-order valence-corrected chi connectivity index (χ0v) is 17.0. The largest absolute Gasteiger partial charge is 0.343 e. The number of amides is 3. The highest BCUT2D eigenvalue weighted by molar-refractivity contribution is 7.99. The number of piperidine rings is 1. The van der Waals surface area contributed by atoms with Crippen LogP contribution < -0.4 is 5.32 Å². The molecular weight excluding hydrogens is 346 g/mol. The Morgan fingerprint density at radius 1 is 1.15 bits per heavy atom. The Morgan fingerprint density at radius 3 is 2.35 bits per heavy atom. The number of nitrogens with one attached hydrogen (secondary N) is 1. The summed E-state index contributed by atoms with van der Waals surface area (Å²) in [5, 5.41) is 2.99. The van der Waals surface area contributed by atoms with Crippen molar-refractivity contribution in [3.8, 4) is 0 Å². The van der Waals surface area contributed by atoms with E-state index in [0.29, 0.717) is 19.6 Å². The van der Waals surface area contributed by atoms with Gasteiger partial charge in [0.1, 0.15) is 0 Å². The average Bonchev–Trinajstić information content (AvgIpc) is 2.67. The van der Waals surface area contributed by atoms with Gasteiger partial charge in [-0.2, -0.15) is 0 Å². The fraction of sp³-hybridized carbons (Fsp3) is 0.600. The van der Waals surface area contributed by atoms with Gasteiger partial charge in [-0.15, -0.1) is 11.8 Å². The molecule has 1 aliphatic rings. The van der Waals surface area contributed by atoms with E-state index in [0.717, 1.165) is 31.7 Å². The molecule has 1 heterocycles. The molecule has 2 rings (SSSR count). The first-order valence-electron chi connectivity index (χ1n) is 9.56. The lowest BCUT2D eigenvalue weighted by Gasteiger charge is -2.33. The summed E-state index contributed by atoms with van der Waals surface area (Å²) >= 11 is 1.75. The van der Waals surface area contributed by atoms with Gasteiger partial charge >= 0.3 is 6.03 Å². The van der Waals surface area contributed by atoms with Gasteiger partial charge in [0.05, 0.1) is 0 Å². The van der Waals surface area contributed by atoms with Crippen molar-refractivity contribution in [2.24, 2.45) is 5.92 Å². The number of carbonyl (C=O) groups excluding carboxylic acids is 2. The minimum atomic E-state index is -0.0109. The van der Waals surface area contributed by atoms with Crippen molar-refractivity contribution in [1.29, 1.82) is 0 Å². The summed E-state index contributed by atoms with van der Waals surface area (Å²) in [6.45, 7) is 9.59. The Morgan fingerprint density at radius 2 is 1.77 bits per heavy atom. The summed E-state index contributed by atoms with van der Waals surface area (Å²) < 4.78 is 0. The fourth-order valence-corrected chi connectivity index (χ4v) is 3.96. The van der Waals surface area contributed by atoms with E-state index in [1.54, 1.807) is 11.8 Å². The van der Waals surface area contributed by atoms with Crippen LogP contribution in [0.2, 0.25) is 0 Å². The highest BCUT2D eigenvalue weighted by Gasteiger charge is 2.29. The van der Waals surface area contributed by atoms with Crippen molar-refractivity contribution in [3.05, 3.63) is 29.8 Å². The Hall–Kier alpha value is -1.69. The second kappa shape index (κ2) is 10.5. The highest BCUT2D eigenvalue weighted by atomic mass is 32.2. The van der Waals surface area contributed by atoms with E-state index < -0.39 is 0 Å². The predicted molar refractivity (Wildman–Crippen MR) is 108 cm³/mol. The van der Waals surface area contributed by atoms with E-state index in [4.69, 9.17) is 0 Å². The molecule has 1 fully saturated rings. The summed E-state index contributed by atoms with van der Waals surface area (Å²) in [7, 11) is 0. The highest BCUT2D eigenvalue weighted by Crippen LogP contribution is 2.20. The van der Waals surface area contributed by atoms with E-state index in [9.17, 15) is 9.59 Å². The second-order valence-corrected chi connectivity index (χ2v) is 7.83. The first-order valence-corrected chi connectivity index (χ1v) is 10.5. The molecule has 0 unspecified atom stereocenters. The van der Waals surface area contributed by atoms with Crippen LogP contribution in [-0.4, -0.2) is 60.2 Å². The molecule has 1 aromatic rings. The Kier molecular flexibility index (Phi) is 8.29. The van der Waals surface area contributed by atoms with Crippen molar-refractivity contribution < 1.29 is 9.59 Å². The third-order valence-electron chi connectivity index (χ3n) is 4.87. The number of nitrogens with zero attached hydrogens (tertiary/aromatic N) is 2. The van der Waals surface area contributed by atoms with Gasteiger partial charge in [-0.25, -0.2) is 4.79 Å². The number of likely N-dealkylation sites (tertiary alicyclic amines) is 1. The van der Waals surface area contributed by atoms with Crippen LogP contribution >= 0.6 is 11.8 Å². The summed E-state index contributed by atoms with van der Waals surface area (Å²) in [6.07, 6.45) is 1.53. The summed E-state index contributed by atoms with van der Waals surface area (Å²) in [5.41, 5.74) is 1.26. The standard InChI is InChI=1S/C20H31N3O2S/c1-4-22(5-2)19(24)17-10-13-23(14-11-17)20(25)21-12-15-26-18-8-6-16(3)7-9-18/h6-9,17H,4-5,10-15H2,1-3H3,(H,21,25). The number of urea groups is 1. The molecule has 3 amide bonds. The lowest BCUT2D eigenvalue weighted by molar-refractivity contribution is -0.136. The van der Waals surface area contributed by atoms with E-state index in [-0.39, 0.29) is 17.9 Å². The molecule has 0 aliphatic carbocycles. The van der Waals surface area contributed by atoms with Crippen LogP contribution in [0.1, 0.15) is 32.3 Å². The maximum Gasteiger partial charge on any atom is 0.317 e. The fourth-order valence-electron chi connectivity index (χ4n) is 3.20. The van der Waals surface area contributed by atoms with Gasteiger partial charge in [-0.1, -0.05) is 17.7 Å². The Bertz CT molecular complexity index is 579. The minimum Gasteiger partial charge on any atom is -0.343 e. The number of aryl methyl sites for hydroxylation is 1. The van der Waals surface area contributed by atoms with Gasteiger partial charge < -0.3 is 15.1 Å². The number of thioether (sulfide) groups is 1. The van der Waals surface area contributed by atoms with Crippen LogP contribution in [-0.2, 0) is 4.79 Å². The topological polar surface area (TPSA) is 52.7 Å². The van der Waals surface area contributed by atoms with Crippen LogP contribution in [0.3, 0.4) is 0 Å². The van der Waals surface area contributed by atoms with Gasteiger partial charge in [-0.3, -0.25) is 4.79 Å². The average molecular weight is 378 g/mol. The first-order chi connectivity index (χ1) is 12.5. The second-order valence-electron chi connectivity index (χ2n) is 6.67. The maximum atomic E-state index is 12.4. The smallest absolute Gasteiger partial charge is 0.317 e. The monoisotopic (exact) mass is 377 g/mol. The Labute approximate surface area is 161 Å². The molecule has 0 bridgehead atoms. The van der Waals surface area contributed by atoms with E-state index in [2.05, 4.69) is 36.5 Å². The molecule has 5 nitrogen and oxygen atoms in total. The number of hydrogen-bond acceptors (Lipinski definition) is 3. The zero-order chi connectivity index (χ0) is 18.9. The van der Waals surface area contributed by atoms with Crippen molar-refractivity contribution >= 4 is 23.7 Å². The zero-order valence-electron chi connectivity index (χ0n) is 16.2. The molecule has 1 aliphatic heterocycles. The van der Waals surface area contributed by atoms with E-state index in [1.807, 2.05) is 23.6 Å². The number of benzene rings is 1. The number of rotatable bonds is 7. The SMILES string of the molecule is CCN(CC)C(=O)C1CCN(C(=O)NCCSc2ccc(C)cc2)CC1. The lowest BCUT2D eigenvalue weighted by Crippen LogP contribution is -2.47. The molecule has 0 spiro atoms. The molecule has 26 heavy (non-hydrogen) atoms. The van der Waals surface area contributed by atoms with Crippen molar-refractivity contribution in [2.75, 3.05) is 38.5 Å². The van der Waals surface area contributed by atoms with Crippen LogP contribution in [0.4, 0.5) is 4.79 Å². The molecule has 6 heteroatoms. The van der Waals surface area contributed by atoms with Gasteiger partial charge in [0.15, 0.2) is 0 Å². The molecule has 0 radical (unpaired) electrons. The van der Waals surface area contributed by atoms with E-state index in [1.165, 1.54) is 10.5 Å². The van der Waals surface area contributed by atoms with Crippen molar-refractivity contribution in [1.82, 2.24) is 15.1 Å². The molecule has 144 valence electrons. The Balaban J connectivity index is 1.66. The predicted octanol–water partition coefficient (Wildman–Crippen LogP) is 3.38. The minimum absolute atomic E-state index is 0.0109. The first kappa shape index (κ1) is 20.6. The molecule has 0 atom stereocenters. The molecule has 1 N–H and O–H groups in total. The van der Waals surface area contributed by atoms with Crippen molar-refractivity contribution in [3.63, 3.8) is 0 Å². The van der Waals surface area contributed by atoms with Gasteiger partial charge in [-0.05, 0) is 45.7 Å². The molecule has 0 saturated carbocycles. The number of hydrogen-bond donors (Lipinski definition) is 1. The quantitative estimate of drug-likeness (QED) is 0.585. The van der Waals surface area contributed by atoms with E-state index >= 15 is 0 Å². The van der Waals surface area contributed by atoms with Crippen molar-refractivity contribution in [2.45, 2.75) is 38.5 Å². The van der Waals surface area contributed by atoms with Crippen LogP contribution in [0, 0.1) is 12.8 Å². The summed E-state index contributed by atoms with van der Waals surface area (Å²) in [4.78, 5) is 29.6. The summed E-state index contributed by atoms with van der Waals surface area (Å²) in [6, 6.07) is 8.41. The van der Waals surface area contributed by atoms with Gasteiger partial charge in [0, 0.05) is 49.3 Å². The maximum absolute atomic E-state index is 12.4. The molecular formula is C20H31N3O2S.